The first kappa shape index (κ1) is 15.0. The Balaban J connectivity index is 2.53. The number of hydrogen-bond acceptors (Lipinski definition) is 2. The summed E-state index contributed by atoms with van der Waals surface area (Å²) in [5.74, 6) is -1.35. The van der Waals surface area contributed by atoms with E-state index >= 15 is 0 Å². The van der Waals surface area contributed by atoms with E-state index in [0.717, 1.165) is 10.9 Å². The molecule has 0 spiro atoms. The maximum Gasteiger partial charge on any atom is 0.419 e. The van der Waals surface area contributed by atoms with Crippen molar-refractivity contribution in [3.05, 3.63) is 57.0 Å². The van der Waals surface area contributed by atoms with Crippen molar-refractivity contribution in [2.24, 2.45) is 0 Å². The van der Waals surface area contributed by atoms with E-state index in [1.807, 2.05) is 6.92 Å². The maximum atomic E-state index is 13.3. The predicted octanol–water partition coefficient (Wildman–Crippen LogP) is 4.47. The summed E-state index contributed by atoms with van der Waals surface area (Å²) in [4.78, 5) is 1.44. The van der Waals surface area contributed by atoms with E-state index in [1.54, 1.807) is 12.1 Å². The molecule has 0 aliphatic carbocycles. The van der Waals surface area contributed by atoms with Crippen molar-refractivity contribution in [2.45, 2.75) is 25.6 Å². The third kappa shape index (κ3) is 2.71. The summed E-state index contributed by atoms with van der Waals surface area (Å²) in [6.07, 6.45) is -4.79. The minimum atomic E-state index is -4.79. The summed E-state index contributed by atoms with van der Waals surface area (Å²) in [6, 6.07) is 5.97. The molecule has 1 unspecified atom stereocenters. The number of benzene rings is 1. The molecule has 1 aromatic carbocycles. The fourth-order valence-electron chi connectivity index (χ4n) is 1.88. The van der Waals surface area contributed by atoms with Crippen LogP contribution < -0.4 is 0 Å². The zero-order chi connectivity index (χ0) is 15.1. The summed E-state index contributed by atoms with van der Waals surface area (Å²) in [5, 5.41) is 10.5. The fraction of sp³-hybridized carbons (Fsp3) is 0.286. The molecule has 2 rings (SSSR count). The SMILES string of the molecule is Cc1ccc(C(C)(O)c2ccc(F)c(C(F)(F)F)c2)s1. The van der Waals surface area contributed by atoms with Gasteiger partial charge in [-0.3, -0.25) is 0 Å². The second kappa shape index (κ2) is 4.86. The monoisotopic (exact) mass is 304 g/mol. The van der Waals surface area contributed by atoms with Gasteiger partial charge in [0.25, 0.3) is 0 Å². The van der Waals surface area contributed by atoms with Gasteiger partial charge in [0, 0.05) is 9.75 Å². The Morgan fingerprint density at radius 3 is 2.25 bits per heavy atom. The molecule has 0 amide bonds. The van der Waals surface area contributed by atoms with Gasteiger partial charge in [0.15, 0.2) is 0 Å². The number of aryl methyl sites for hydroxylation is 1. The van der Waals surface area contributed by atoms with Gasteiger partial charge >= 0.3 is 6.18 Å². The average Bonchev–Trinajstić information content (AvgIpc) is 2.75. The quantitative estimate of drug-likeness (QED) is 0.812. The van der Waals surface area contributed by atoms with E-state index in [9.17, 15) is 22.7 Å². The molecule has 0 aliphatic heterocycles. The smallest absolute Gasteiger partial charge is 0.380 e. The van der Waals surface area contributed by atoms with Crippen LogP contribution in [0.5, 0.6) is 0 Å². The van der Waals surface area contributed by atoms with Crippen molar-refractivity contribution >= 4 is 11.3 Å². The molecule has 2 aromatic rings. The highest BCUT2D eigenvalue weighted by Gasteiger charge is 2.36. The Kier molecular flexibility index (Phi) is 3.64. The molecular formula is C14H12F4OS. The molecule has 108 valence electrons. The van der Waals surface area contributed by atoms with Crippen LogP contribution >= 0.6 is 11.3 Å². The Hall–Kier alpha value is -1.40. The maximum absolute atomic E-state index is 13.3. The van der Waals surface area contributed by atoms with Crippen LogP contribution in [0.1, 0.15) is 27.8 Å². The number of rotatable bonds is 2. The van der Waals surface area contributed by atoms with Gasteiger partial charge in [0.2, 0.25) is 0 Å². The standard InChI is InChI=1S/C14H12F4OS/c1-8-3-6-12(20-8)13(2,19)9-4-5-11(15)10(7-9)14(16,17)18/h3-7,19H,1-2H3. The molecule has 1 heterocycles. The van der Waals surface area contributed by atoms with Crippen LogP contribution in [0.2, 0.25) is 0 Å². The lowest BCUT2D eigenvalue weighted by Gasteiger charge is -2.23. The lowest BCUT2D eigenvalue weighted by atomic mass is 9.92. The molecule has 0 bridgehead atoms. The number of halogens is 4. The first-order valence-electron chi connectivity index (χ1n) is 5.79. The number of hydrogen-bond donors (Lipinski definition) is 1. The molecule has 0 radical (unpaired) electrons. The minimum absolute atomic E-state index is 0.00748. The van der Waals surface area contributed by atoms with Crippen LogP contribution in [0.25, 0.3) is 0 Å². The van der Waals surface area contributed by atoms with Gasteiger partial charge in [-0.2, -0.15) is 13.2 Å². The van der Waals surface area contributed by atoms with Crippen molar-refractivity contribution in [3.63, 3.8) is 0 Å². The van der Waals surface area contributed by atoms with Crippen molar-refractivity contribution < 1.29 is 22.7 Å². The fourth-order valence-corrected chi connectivity index (χ4v) is 2.82. The van der Waals surface area contributed by atoms with Crippen LogP contribution in [0.4, 0.5) is 17.6 Å². The Bertz CT molecular complexity index is 628. The van der Waals surface area contributed by atoms with Crippen LogP contribution in [-0.4, -0.2) is 5.11 Å². The van der Waals surface area contributed by atoms with Crippen LogP contribution in [0.3, 0.4) is 0 Å². The summed E-state index contributed by atoms with van der Waals surface area (Å²) in [6.45, 7) is 3.22. The third-order valence-corrected chi connectivity index (χ3v) is 4.27. The molecule has 0 saturated carbocycles. The predicted molar refractivity (Wildman–Crippen MR) is 69.1 cm³/mol. The lowest BCUT2D eigenvalue weighted by Crippen LogP contribution is -2.22. The Labute approximate surface area is 117 Å². The van der Waals surface area contributed by atoms with Crippen molar-refractivity contribution in [1.82, 2.24) is 0 Å². The van der Waals surface area contributed by atoms with Gasteiger partial charge in [-0.1, -0.05) is 6.07 Å². The number of alkyl halides is 3. The van der Waals surface area contributed by atoms with E-state index in [4.69, 9.17) is 0 Å². The number of aliphatic hydroxyl groups is 1. The van der Waals surface area contributed by atoms with E-state index in [1.165, 1.54) is 24.3 Å². The molecule has 20 heavy (non-hydrogen) atoms. The van der Waals surface area contributed by atoms with E-state index < -0.39 is 23.2 Å². The van der Waals surface area contributed by atoms with Crippen LogP contribution in [0, 0.1) is 12.7 Å². The highest BCUT2D eigenvalue weighted by molar-refractivity contribution is 7.12. The minimum Gasteiger partial charge on any atom is -0.380 e. The highest BCUT2D eigenvalue weighted by Crippen LogP contribution is 2.38. The largest absolute Gasteiger partial charge is 0.419 e. The zero-order valence-electron chi connectivity index (χ0n) is 10.8. The first-order valence-corrected chi connectivity index (χ1v) is 6.60. The second-order valence-electron chi connectivity index (χ2n) is 4.67. The highest BCUT2D eigenvalue weighted by atomic mass is 32.1. The summed E-state index contributed by atoms with van der Waals surface area (Å²) < 4.78 is 51.4. The Morgan fingerprint density at radius 1 is 1.10 bits per heavy atom. The van der Waals surface area contributed by atoms with E-state index in [-0.39, 0.29) is 5.56 Å². The molecule has 1 nitrogen and oxygen atoms in total. The summed E-state index contributed by atoms with van der Waals surface area (Å²) in [5.41, 5.74) is -2.95. The normalized spacial score (nSPS) is 15.2. The Morgan fingerprint density at radius 2 is 1.75 bits per heavy atom. The van der Waals surface area contributed by atoms with E-state index in [0.29, 0.717) is 10.9 Å². The van der Waals surface area contributed by atoms with Crippen molar-refractivity contribution in [1.29, 1.82) is 0 Å². The van der Waals surface area contributed by atoms with Crippen molar-refractivity contribution in [2.75, 3.05) is 0 Å². The molecule has 1 atom stereocenters. The molecular weight excluding hydrogens is 292 g/mol. The van der Waals surface area contributed by atoms with Crippen LogP contribution in [-0.2, 0) is 11.8 Å². The molecule has 0 fully saturated rings. The topological polar surface area (TPSA) is 20.2 Å². The van der Waals surface area contributed by atoms with Gasteiger partial charge in [-0.25, -0.2) is 4.39 Å². The third-order valence-electron chi connectivity index (χ3n) is 3.05. The van der Waals surface area contributed by atoms with Gasteiger partial charge in [-0.05, 0) is 43.7 Å². The van der Waals surface area contributed by atoms with Crippen molar-refractivity contribution in [3.8, 4) is 0 Å². The summed E-state index contributed by atoms with van der Waals surface area (Å²) in [7, 11) is 0. The number of thiophene rings is 1. The van der Waals surface area contributed by atoms with Crippen LogP contribution in [0.15, 0.2) is 30.3 Å². The molecule has 0 saturated heterocycles. The summed E-state index contributed by atoms with van der Waals surface area (Å²) >= 11 is 1.28. The van der Waals surface area contributed by atoms with Gasteiger partial charge in [-0.15, -0.1) is 11.3 Å². The average molecular weight is 304 g/mol. The van der Waals surface area contributed by atoms with Gasteiger partial charge in [0.1, 0.15) is 11.4 Å². The lowest BCUT2D eigenvalue weighted by molar-refractivity contribution is -0.140. The van der Waals surface area contributed by atoms with Gasteiger partial charge in [0.05, 0.1) is 5.56 Å². The van der Waals surface area contributed by atoms with E-state index in [2.05, 4.69) is 0 Å². The molecule has 1 N–H and O–H groups in total. The molecule has 6 heteroatoms. The zero-order valence-corrected chi connectivity index (χ0v) is 11.6. The van der Waals surface area contributed by atoms with Gasteiger partial charge < -0.3 is 5.11 Å². The second-order valence-corrected chi connectivity index (χ2v) is 5.96. The molecule has 1 aromatic heterocycles. The first-order chi connectivity index (χ1) is 9.12. The molecule has 0 aliphatic rings.